The number of nitrogens with one attached hydrogen (secondary N) is 1. The Morgan fingerprint density at radius 3 is 2.47 bits per heavy atom. The molecule has 0 radical (unpaired) electrons. The molecule has 1 fully saturated rings. The number of carbonyl (C=O) groups is 1. The van der Waals surface area contributed by atoms with Crippen LogP contribution in [0.2, 0.25) is 0 Å². The fourth-order valence-corrected chi connectivity index (χ4v) is 4.66. The second kappa shape index (κ2) is 9.02. The zero-order chi connectivity index (χ0) is 21.9. The van der Waals surface area contributed by atoms with Crippen molar-refractivity contribution in [2.75, 3.05) is 40.5 Å². The molecule has 1 aromatic carbocycles. The fraction of sp³-hybridized carbons (Fsp3) is 0.474. The lowest BCUT2D eigenvalue weighted by Crippen LogP contribution is -2.40. The lowest BCUT2D eigenvalue weighted by molar-refractivity contribution is 0.0730. The molecule has 1 amide bonds. The van der Waals surface area contributed by atoms with Gasteiger partial charge in [-0.1, -0.05) is 5.16 Å². The molecule has 0 unspecified atom stereocenters. The number of aromatic nitrogens is 1. The number of hydrogen-bond acceptors (Lipinski definition) is 8. The monoisotopic (exact) mass is 439 g/mol. The van der Waals surface area contributed by atoms with Gasteiger partial charge in [0.05, 0.1) is 43.6 Å². The van der Waals surface area contributed by atoms with Gasteiger partial charge in [0.2, 0.25) is 10.0 Å². The van der Waals surface area contributed by atoms with Crippen molar-refractivity contribution >= 4 is 15.9 Å². The van der Waals surface area contributed by atoms with E-state index in [4.69, 9.17) is 18.7 Å². The van der Waals surface area contributed by atoms with Gasteiger partial charge in [0.15, 0.2) is 11.5 Å². The molecule has 164 valence electrons. The van der Waals surface area contributed by atoms with Crippen molar-refractivity contribution in [1.82, 2.24) is 14.8 Å². The number of rotatable bonds is 7. The molecular weight excluding hydrogens is 414 g/mol. The molecule has 0 spiro atoms. The van der Waals surface area contributed by atoms with E-state index in [2.05, 4.69) is 10.5 Å². The van der Waals surface area contributed by atoms with Gasteiger partial charge in [0, 0.05) is 31.3 Å². The number of sulfonamides is 1. The highest BCUT2D eigenvalue weighted by molar-refractivity contribution is 7.89. The van der Waals surface area contributed by atoms with Crippen molar-refractivity contribution in [3.8, 4) is 11.5 Å². The predicted molar refractivity (Wildman–Crippen MR) is 106 cm³/mol. The largest absolute Gasteiger partial charge is 0.493 e. The van der Waals surface area contributed by atoms with Crippen LogP contribution in [0.25, 0.3) is 0 Å². The molecule has 1 aliphatic heterocycles. The highest BCUT2D eigenvalue weighted by atomic mass is 32.2. The van der Waals surface area contributed by atoms with Crippen molar-refractivity contribution in [3.05, 3.63) is 34.7 Å². The van der Waals surface area contributed by atoms with Gasteiger partial charge < -0.3 is 24.1 Å². The Morgan fingerprint density at radius 1 is 1.20 bits per heavy atom. The Balaban J connectivity index is 1.96. The molecule has 3 rings (SSSR count). The normalized spacial score (nSPS) is 15.1. The first-order chi connectivity index (χ1) is 14.3. The average Bonchev–Trinajstić information content (AvgIpc) is 3.08. The van der Waals surface area contributed by atoms with E-state index in [1.165, 1.54) is 30.7 Å². The first-order valence-corrected chi connectivity index (χ1v) is 10.8. The van der Waals surface area contributed by atoms with Crippen molar-refractivity contribution < 1.29 is 31.9 Å². The van der Waals surface area contributed by atoms with Gasteiger partial charge in [-0.15, -0.1) is 0 Å². The van der Waals surface area contributed by atoms with E-state index < -0.39 is 15.9 Å². The van der Waals surface area contributed by atoms with E-state index >= 15 is 0 Å². The minimum Gasteiger partial charge on any atom is -0.493 e. The predicted octanol–water partition coefficient (Wildman–Crippen LogP) is 1.26. The summed E-state index contributed by atoms with van der Waals surface area (Å²) >= 11 is 0. The molecule has 2 heterocycles. The summed E-state index contributed by atoms with van der Waals surface area (Å²) in [5.74, 6) is 0.384. The summed E-state index contributed by atoms with van der Waals surface area (Å²) in [6.07, 6.45) is 0. The van der Waals surface area contributed by atoms with Crippen LogP contribution in [-0.2, 0) is 21.3 Å². The molecule has 0 atom stereocenters. The highest BCUT2D eigenvalue weighted by Gasteiger charge is 2.30. The van der Waals surface area contributed by atoms with Crippen LogP contribution in [0.3, 0.4) is 0 Å². The Labute approximate surface area is 175 Å². The van der Waals surface area contributed by atoms with Gasteiger partial charge in [-0.3, -0.25) is 4.79 Å². The van der Waals surface area contributed by atoms with Crippen molar-refractivity contribution in [1.29, 1.82) is 0 Å². The van der Waals surface area contributed by atoms with Crippen molar-refractivity contribution in [2.45, 2.75) is 25.3 Å². The highest BCUT2D eigenvalue weighted by Crippen LogP contribution is 2.35. The van der Waals surface area contributed by atoms with Crippen molar-refractivity contribution in [3.63, 3.8) is 0 Å². The first-order valence-electron chi connectivity index (χ1n) is 9.33. The Hall–Kier alpha value is -2.63. The van der Waals surface area contributed by atoms with Crippen LogP contribution < -0.4 is 14.8 Å². The van der Waals surface area contributed by atoms with Crippen LogP contribution in [-0.4, -0.2) is 64.3 Å². The van der Waals surface area contributed by atoms with Gasteiger partial charge in [0.25, 0.3) is 5.91 Å². The van der Waals surface area contributed by atoms with E-state index in [1.807, 2.05) is 0 Å². The number of morpholine rings is 1. The second-order valence-corrected chi connectivity index (χ2v) is 8.65. The van der Waals surface area contributed by atoms with E-state index in [0.717, 1.165) is 5.56 Å². The smallest absolute Gasteiger partial charge is 0.255 e. The first kappa shape index (κ1) is 22.1. The maximum atomic E-state index is 13.1. The number of carbonyl (C=O) groups excluding carboxylic acids is 1. The third kappa shape index (κ3) is 4.27. The van der Waals surface area contributed by atoms with Gasteiger partial charge in [-0.05, 0) is 19.9 Å². The molecule has 0 bridgehead atoms. The third-order valence-corrected chi connectivity index (χ3v) is 6.79. The van der Waals surface area contributed by atoms with Crippen LogP contribution in [0.15, 0.2) is 21.6 Å². The zero-order valence-corrected chi connectivity index (χ0v) is 18.2. The summed E-state index contributed by atoms with van der Waals surface area (Å²) in [4.78, 5) is 12.9. The topological polar surface area (TPSA) is 120 Å². The van der Waals surface area contributed by atoms with E-state index in [-0.39, 0.29) is 41.6 Å². The van der Waals surface area contributed by atoms with Gasteiger partial charge >= 0.3 is 0 Å². The fourth-order valence-electron chi connectivity index (χ4n) is 3.21. The molecule has 1 N–H and O–H groups in total. The summed E-state index contributed by atoms with van der Waals surface area (Å²) < 4.78 is 48.5. The lowest BCUT2D eigenvalue weighted by atomic mass is 10.1. The van der Waals surface area contributed by atoms with Gasteiger partial charge in [0.1, 0.15) is 5.76 Å². The van der Waals surface area contributed by atoms with Crippen molar-refractivity contribution in [2.24, 2.45) is 0 Å². The Bertz CT molecular complexity index is 1010. The summed E-state index contributed by atoms with van der Waals surface area (Å²) in [5.41, 5.74) is 1.47. The summed E-state index contributed by atoms with van der Waals surface area (Å²) in [7, 11) is -1.06. The SMILES string of the molecule is COc1cc(S(=O)(=O)N2CCOCC2)cc(C(=O)NCc2c(C)noc2C)c1OC. The van der Waals surface area contributed by atoms with Gasteiger partial charge in [-0.2, -0.15) is 4.31 Å². The van der Waals surface area contributed by atoms with Crippen LogP contribution >= 0.6 is 0 Å². The summed E-state index contributed by atoms with van der Waals surface area (Å²) in [5, 5.41) is 6.62. The van der Waals surface area contributed by atoms with E-state index in [0.29, 0.717) is 24.7 Å². The Kier molecular flexibility index (Phi) is 6.64. The molecule has 2 aromatic rings. The van der Waals surface area contributed by atoms with E-state index in [9.17, 15) is 13.2 Å². The molecule has 0 aliphatic carbocycles. The zero-order valence-electron chi connectivity index (χ0n) is 17.4. The van der Waals surface area contributed by atoms with Gasteiger partial charge in [-0.25, -0.2) is 8.42 Å². The minimum absolute atomic E-state index is 0.0513. The molecule has 0 saturated carbocycles. The Morgan fingerprint density at radius 2 is 1.90 bits per heavy atom. The molecule has 30 heavy (non-hydrogen) atoms. The number of hydrogen-bond donors (Lipinski definition) is 1. The summed E-state index contributed by atoms with van der Waals surface area (Å²) in [6.45, 7) is 4.81. The quantitative estimate of drug-likeness (QED) is 0.685. The minimum atomic E-state index is -3.83. The number of benzene rings is 1. The number of nitrogens with zero attached hydrogens (tertiary/aromatic N) is 2. The number of aryl methyl sites for hydroxylation is 2. The molecule has 1 saturated heterocycles. The standard InChI is InChI=1S/C19H25N3O7S/c1-12-16(13(2)29-21-12)11-20-19(23)15-9-14(10-17(26-3)18(15)27-4)30(24,25)22-5-7-28-8-6-22/h9-10H,5-8,11H2,1-4H3,(H,20,23). The molecule has 1 aromatic heterocycles. The number of methoxy groups -OCH3 is 2. The lowest BCUT2D eigenvalue weighted by Gasteiger charge is -2.26. The molecular formula is C19H25N3O7S. The maximum Gasteiger partial charge on any atom is 0.255 e. The molecule has 11 heteroatoms. The molecule has 1 aliphatic rings. The van der Waals surface area contributed by atoms with Crippen LogP contribution in [0.1, 0.15) is 27.4 Å². The average molecular weight is 439 g/mol. The van der Waals surface area contributed by atoms with Crippen LogP contribution in [0.4, 0.5) is 0 Å². The third-order valence-electron chi connectivity index (χ3n) is 4.91. The number of amides is 1. The number of ether oxygens (including phenoxy) is 3. The van der Waals surface area contributed by atoms with E-state index in [1.54, 1.807) is 13.8 Å². The summed E-state index contributed by atoms with van der Waals surface area (Å²) in [6, 6.07) is 2.66. The maximum absolute atomic E-state index is 13.1. The molecule has 10 nitrogen and oxygen atoms in total. The van der Waals surface area contributed by atoms with Crippen LogP contribution in [0.5, 0.6) is 11.5 Å². The second-order valence-electron chi connectivity index (χ2n) is 6.71. The van der Waals surface area contributed by atoms with Crippen LogP contribution in [0, 0.1) is 13.8 Å².